The van der Waals surface area contributed by atoms with Gasteiger partial charge in [-0.1, -0.05) is 6.92 Å². The number of pyridine rings is 1. The van der Waals surface area contributed by atoms with Crippen molar-refractivity contribution < 1.29 is 14.7 Å². The van der Waals surface area contributed by atoms with Crippen LogP contribution in [0.25, 0.3) is 0 Å². The van der Waals surface area contributed by atoms with E-state index in [1.165, 1.54) is 11.8 Å². The second kappa shape index (κ2) is 8.86. The summed E-state index contributed by atoms with van der Waals surface area (Å²) in [6, 6.07) is 2.47. The zero-order valence-electron chi connectivity index (χ0n) is 11.5. The molecule has 1 aromatic heterocycles. The van der Waals surface area contributed by atoms with Gasteiger partial charge in [0, 0.05) is 6.20 Å². The van der Waals surface area contributed by atoms with Crippen LogP contribution in [-0.2, 0) is 4.79 Å². The van der Waals surface area contributed by atoms with Gasteiger partial charge in [-0.05, 0) is 36.3 Å². The van der Waals surface area contributed by atoms with E-state index in [9.17, 15) is 9.59 Å². The Kier molecular flexibility index (Phi) is 7.46. The first kappa shape index (κ1) is 16.8. The Labute approximate surface area is 126 Å². The molecule has 7 heteroatoms. The molecule has 0 aliphatic rings. The molecule has 1 amide bonds. The molecule has 0 saturated carbocycles. The highest BCUT2D eigenvalue weighted by Crippen LogP contribution is 2.19. The van der Waals surface area contributed by atoms with Crippen LogP contribution in [0.4, 0.5) is 0 Å². The number of nitrogens with zero attached hydrogens (tertiary/aromatic N) is 1. The van der Waals surface area contributed by atoms with Crippen molar-refractivity contribution in [1.29, 1.82) is 0 Å². The number of hydrogen-bond acceptors (Lipinski definition) is 5. The Morgan fingerprint density at radius 1 is 1.50 bits per heavy atom. The van der Waals surface area contributed by atoms with Crippen molar-refractivity contribution in [3.8, 4) is 0 Å². The summed E-state index contributed by atoms with van der Waals surface area (Å²) >= 11 is 3.01. The van der Waals surface area contributed by atoms with E-state index in [0.29, 0.717) is 22.8 Å². The largest absolute Gasteiger partial charge is 0.480 e. The Morgan fingerprint density at radius 2 is 2.25 bits per heavy atom. The third-order valence-corrected chi connectivity index (χ3v) is 4.04. The van der Waals surface area contributed by atoms with E-state index in [4.69, 9.17) is 5.11 Å². The highest BCUT2D eigenvalue weighted by molar-refractivity contribution is 7.99. The van der Waals surface area contributed by atoms with Gasteiger partial charge >= 0.3 is 5.97 Å². The molecule has 20 heavy (non-hydrogen) atoms. The van der Waals surface area contributed by atoms with Crippen LogP contribution in [0.1, 0.15) is 23.7 Å². The molecule has 0 aromatic carbocycles. The van der Waals surface area contributed by atoms with Gasteiger partial charge < -0.3 is 10.4 Å². The summed E-state index contributed by atoms with van der Waals surface area (Å²) in [5, 5.41) is 12.3. The summed E-state index contributed by atoms with van der Waals surface area (Å²) in [6.07, 6.45) is 3.92. The topological polar surface area (TPSA) is 79.3 Å². The molecular formula is C13H18N2O3S2. The third-order valence-electron chi connectivity index (χ3n) is 2.51. The minimum Gasteiger partial charge on any atom is -0.480 e. The van der Waals surface area contributed by atoms with Gasteiger partial charge in [-0.25, -0.2) is 9.78 Å². The molecule has 110 valence electrons. The highest BCUT2D eigenvalue weighted by Gasteiger charge is 2.21. The predicted octanol–water partition coefficient (Wildman–Crippen LogP) is 2.13. The molecule has 1 rings (SSSR count). The fourth-order valence-corrected chi connectivity index (χ4v) is 2.74. The van der Waals surface area contributed by atoms with E-state index >= 15 is 0 Å². The molecule has 0 saturated heterocycles. The van der Waals surface area contributed by atoms with E-state index < -0.39 is 12.0 Å². The summed E-state index contributed by atoms with van der Waals surface area (Å²) in [4.78, 5) is 27.5. The number of carboxylic acid groups (broad SMARTS) is 1. The van der Waals surface area contributed by atoms with Crippen LogP contribution in [0.5, 0.6) is 0 Å². The zero-order valence-corrected chi connectivity index (χ0v) is 13.1. The van der Waals surface area contributed by atoms with Crippen LogP contribution in [0.2, 0.25) is 0 Å². The average molecular weight is 314 g/mol. The van der Waals surface area contributed by atoms with Crippen molar-refractivity contribution in [1.82, 2.24) is 10.3 Å². The highest BCUT2D eigenvalue weighted by atomic mass is 32.2. The lowest BCUT2D eigenvalue weighted by Gasteiger charge is -2.15. The van der Waals surface area contributed by atoms with Crippen LogP contribution in [0.3, 0.4) is 0 Å². The Balaban J connectivity index is 2.80. The van der Waals surface area contributed by atoms with E-state index in [1.54, 1.807) is 30.1 Å². The number of rotatable bonds is 8. The van der Waals surface area contributed by atoms with E-state index in [1.807, 2.05) is 13.2 Å². The Hall–Kier alpha value is -1.21. The lowest BCUT2D eigenvalue weighted by atomic mass is 10.2. The first-order valence-electron chi connectivity index (χ1n) is 6.20. The summed E-state index contributed by atoms with van der Waals surface area (Å²) in [5.74, 6) is 0.0796. The minimum atomic E-state index is -1.01. The van der Waals surface area contributed by atoms with Crippen LogP contribution in [-0.4, -0.2) is 45.8 Å². The van der Waals surface area contributed by atoms with Gasteiger partial charge in [0.05, 0.1) is 5.56 Å². The van der Waals surface area contributed by atoms with Crippen molar-refractivity contribution in [3.63, 3.8) is 0 Å². The van der Waals surface area contributed by atoms with Crippen molar-refractivity contribution in [3.05, 3.63) is 23.9 Å². The molecule has 0 spiro atoms. The second-order valence-electron chi connectivity index (χ2n) is 3.93. The number of carbonyl (C=O) groups is 2. The van der Waals surface area contributed by atoms with Gasteiger partial charge in [-0.15, -0.1) is 11.8 Å². The Bertz CT molecular complexity index is 469. The van der Waals surface area contributed by atoms with Gasteiger partial charge in [0.15, 0.2) is 0 Å². The van der Waals surface area contributed by atoms with Crippen molar-refractivity contribution in [2.75, 3.05) is 17.8 Å². The lowest BCUT2D eigenvalue weighted by Crippen LogP contribution is -2.41. The first-order valence-corrected chi connectivity index (χ1v) is 8.58. The lowest BCUT2D eigenvalue weighted by molar-refractivity contribution is -0.139. The molecule has 0 fully saturated rings. The monoisotopic (exact) mass is 314 g/mol. The van der Waals surface area contributed by atoms with Crippen LogP contribution in [0, 0.1) is 0 Å². The van der Waals surface area contributed by atoms with Crippen molar-refractivity contribution in [2.45, 2.75) is 24.4 Å². The van der Waals surface area contributed by atoms with Gasteiger partial charge in [-0.3, -0.25) is 4.79 Å². The number of aromatic nitrogens is 1. The number of hydrogen-bond donors (Lipinski definition) is 2. The zero-order chi connectivity index (χ0) is 15.0. The smallest absolute Gasteiger partial charge is 0.326 e. The predicted molar refractivity (Wildman–Crippen MR) is 82.5 cm³/mol. The van der Waals surface area contributed by atoms with Crippen molar-refractivity contribution in [2.24, 2.45) is 0 Å². The summed E-state index contributed by atoms with van der Waals surface area (Å²) in [6.45, 7) is 1.97. The number of amides is 1. The molecule has 0 aliphatic carbocycles. The maximum absolute atomic E-state index is 12.2. The molecule has 1 atom stereocenters. The third kappa shape index (κ3) is 5.05. The van der Waals surface area contributed by atoms with Crippen LogP contribution < -0.4 is 5.32 Å². The Morgan fingerprint density at radius 3 is 2.85 bits per heavy atom. The molecule has 0 bridgehead atoms. The summed E-state index contributed by atoms with van der Waals surface area (Å²) in [7, 11) is 0. The number of nitrogens with one attached hydrogen (secondary N) is 1. The van der Waals surface area contributed by atoms with Crippen LogP contribution in [0.15, 0.2) is 23.4 Å². The number of thioether (sulfide) groups is 2. The van der Waals surface area contributed by atoms with Gasteiger partial charge in [0.1, 0.15) is 11.1 Å². The fraction of sp³-hybridized carbons (Fsp3) is 0.462. The average Bonchev–Trinajstić information content (AvgIpc) is 2.43. The molecule has 1 heterocycles. The maximum atomic E-state index is 12.2. The van der Waals surface area contributed by atoms with E-state index in [0.717, 1.165) is 5.75 Å². The molecule has 2 N–H and O–H groups in total. The van der Waals surface area contributed by atoms with Gasteiger partial charge in [0.25, 0.3) is 5.91 Å². The SMILES string of the molecule is CCSc1ncccc1C(=O)N[C@@H](CCSC)C(=O)O. The molecule has 0 aliphatic heterocycles. The fourth-order valence-electron chi connectivity index (χ4n) is 1.54. The second-order valence-corrected chi connectivity index (χ2v) is 6.17. The maximum Gasteiger partial charge on any atom is 0.326 e. The van der Waals surface area contributed by atoms with Crippen molar-refractivity contribution >= 4 is 35.4 Å². The molecule has 5 nitrogen and oxygen atoms in total. The number of carbonyl (C=O) groups excluding carboxylic acids is 1. The van der Waals surface area contributed by atoms with Crippen LogP contribution >= 0.6 is 23.5 Å². The van der Waals surface area contributed by atoms with Gasteiger partial charge in [0.2, 0.25) is 0 Å². The molecule has 1 aromatic rings. The molecule has 0 unspecified atom stereocenters. The quantitative estimate of drug-likeness (QED) is 0.716. The molecular weight excluding hydrogens is 296 g/mol. The van der Waals surface area contributed by atoms with Gasteiger partial charge in [-0.2, -0.15) is 11.8 Å². The molecule has 0 radical (unpaired) electrons. The van der Waals surface area contributed by atoms with E-state index in [-0.39, 0.29) is 5.91 Å². The minimum absolute atomic E-state index is 0.387. The van der Waals surface area contributed by atoms with E-state index in [2.05, 4.69) is 10.3 Å². The summed E-state index contributed by atoms with van der Waals surface area (Å²) < 4.78 is 0. The first-order chi connectivity index (χ1) is 9.60. The summed E-state index contributed by atoms with van der Waals surface area (Å²) in [5.41, 5.74) is 0.426. The normalized spacial score (nSPS) is 11.9. The number of carboxylic acids is 1. The standard InChI is InChI=1S/C13H18N2O3S2/c1-3-20-12-9(5-4-7-14-12)11(16)15-10(13(17)18)6-8-19-2/h4-5,7,10H,3,6,8H2,1-2H3,(H,15,16)(H,17,18)/t10-/m0/s1. The number of aliphatic carboxylic acids is 1.